The van der Waals surface area contributed by atoms with E-state index in [2.05, 4.69) is 26.8 Å². The average molecular weight is 256 g/mol. The van der Waals surface area contributed by atoms with Gasteiger partial charge in [0.25, 0.3) is 0 Å². The zero-order valence-corrected chi connectivity index (χ0v) is 13.1. The van der Waals surface area contributed by atoms with Crippen LogP contribution in [0.3, 0.4) is 0 Å². The molecule has 0 aromatic rings. The average Bonchev–Trinajstić information content (AvgIpc) is 2.37. The quantitative estimate of drug-likeness (QED) is 0.349. The largest absolute Gasteiger partial charge is 0.405 e. The molecule has 3 heteroatoms. The van der Waals surface area contributed by atoms with Crippen molar-refractivity contribution in [3.63, 3.8) is 0 Å². The highest BCUT2D eigenvalue weighted by molar-refractivity contribution is 6.73. The lowest BCUT2D eigenvalue weighted by atomic mass is 10.0. The molecule has 0 amide bonds. The van der Waals surface area contributed by atoms with Crippen molar-refractivity contribution in [2.75, 3.05) is 0 Å². The molecule has 0 fully saturated rings. The summed E-state index contributed by atoms with van der Waals surface area (Å²) in [6.45, 7) is 10.5. The van der Waals surface area contributed by atoms with Crippen LogP contribution in [0.1, 0.15) is 47.5 Å². The highest BCUT2D eigenvalue weighted by Crippen LogP contribution is 2.29. The molecule has 2 nitrogen and oxygen atoms in total. The Morgan fingerprint density at radius 3 is 2.06 bits per heavy atom. The van der Waals surface area contributed by atoms with Crippen LogP contribution in [-0.2, 0) is 9.22 Å². The summed E-state index contributed by atoms with van der Waals surface area (Å²) in [4.78, 5) is 11.3. The molecule has 0 aromatic carbocycles. The fourth-order valence-corrected chi connectivity index (χ4v) is 5.20. The first-order chi connectivity index (χ1) is 8.01. The highest BCUT2D eigenvalue weighted by Gasteiger charge is 2.37. The number of rotatable bonds is 9. The van der Waals surface area contributed by atoms with Gasteiger partial charge in [0, 0.05) is 0 Å². The van der Waals surface area contributed by atoms with Crippen LogP contribution < -0.4 is 0 Å². The molecule has 17 heavy (non-hydrogen) atoms. The minimum Gasteiger partial charge on any atom is -0.405 e. The minimum absolute atomic E-state index is 0.590. The van der Waals surface area contributed by atoms with Crippen molar-refractivity contribution in [3.05, 3.63) is 12.2 Å². The predicted octanol–water partition coefficient (Wildman–Crippen LogP) is 4.32. The van der Waals surface area contributed by atoms with Gasteiger partial charge in [0.05, 0.1) is 0 Å². The van der Waals surface area contributed by atoms with E-state index in [1.54, 1.807) is 0 Å². The molecule has 0 radical (unpaired) electrons. The second kappa shape index (κ2) is 7.83. The Kier molecular flexibility index (Phi) is 7.64. The molecule has 0 rings (SSSR count). The maximum Gasteiger partial charge on any atom is 0.193 e. The number of allylic oxidation sites excluding steroid dienone is 2. The number of hydrogen-bond donors (Lipinski definition) is 0. The van der Waals surface area contributed by atoms with E-state index in [1.807, 2.05) is 19.9 Å². The molecule has 1 atom stereocenters. The van der Waals surface area contributed by atoms with E-state index in [9.17, 15) is 4.79 Å². The van der Waals surface area contributed by atoms with Crippen molar-refractivity contribution >= 4 is 14.6 Å². The fraction of sp³-hybridized carbons (Fsp3) is 0.786. The van der Waals surface area contributed by atoms with Gasteiger partial charge in [-0.3, -0.25) is 0 Å². The molecule has 0 spiro atoms. The van der Waals surface area contributed by atoms with Gasteiger partial charge in [-0.25, -0.2) is 0 Å². The van der Waals surface area contributed by atoms with Crippen molar-refractivity contribution < 1.29 is 9.22 Å². The van der Waals surface area contributed by atoms with Gasteiger partial charge in [0.2, 0.25) is 0 Å². The van der Waals surface area contributed by atoms with Crippen molar-refractivity contribution in [1.29, 1.82) is 0 Å². The standard InChI is InChI=1S/C14H28O2Si/c1-6-10-11-12-14(5,13-15)16-17(7-2,8-3)9-4/h6,10,13H,7-9,11-12H2,1-5H3/b10-6+. The van der Waals surface area contributed by atoms with Crippen LogP contribution in [0, 0.1) is 0 Å². The molecule has 0 heterocycles. The molecule has 0 saturated heterocycles. The molecular weight excluding hydrogens is 228 g/mol. The highest BCUT2D eigenvalue weighted by atomic mass is 28.4. The van der Waals surface area contributed by atoms with E-state index in [0.717, 1.165) is 37.3 Å². The molecule has 100 valence electrons. The smallest absolute Gasteiger partial charge is 0.193 e. The van der Waals surface area contributed by atoms with E-state index in [1.165, 1.54) is 0 Å². The molecular formula is C14H28O2Si. The second-order valence-electron chi connectivity index (χ2n) is 4.88. The third-order valence-corrected chi connectivity index (χ3v) is 8.44. The first kappa shape index (κ1) is 16.6. The van der Waals surface area contributed by atoms with E-state index in [-0.39, 0.29) is 0 Å². The monoisotopic (exact) mass is 256 g/mol. The summed E-state index contributed by atoms with van der Waals surface area (Å²) in [5.41, 5.74) is -0.590. The molecule has 0 aliphatic carbocycles. The molecule has 0 bridgehead atoms. The van der Waals surface area contributed by atoms with Crippen LogP contribution >= 0.6 is 0 Å². The van der Waals surface area contributed by atoms with Gasteiger partial charge in [0.1, 0.15) is 11.9 Å². The third-order valence-electron chi connectivity index (χ3n) is 3.68. The molecule has 0 aromatic heterocycles. The zero-order chi connectivity index (χ0) is 13.4. The lowest BCUT2D eigenvalue weighted by Crippen LogP contribution is -2.46. The Hall–Kier alpha value is -0.413. The topological polar surface area (TPSA) is 26.3 Å². The maximum atomic E-state index is 11.3. The molecule has 0 N–H and O–H groups in total. The first-order valence-electron chi connectivity index (χ1n) is 6.79. The van der Waals surface area contributed by atoms with Gasteiger partial charge in [0.15, 0.2) is 8.32 Å². The molecule has 0 aliphatic heterocycles. The van der Waals surface area contributed by atoms with Crippen LogP contribution in [-0.4, -0.2) is 20.2 Å². The molecule has 0 saturated carbocycles. The Morgan fingerprint density at radius 2 is 1.71 bits per heavy atom. The summed E-state index contributed by atoms with van der Waals surface area (Å²) in [6, 6.07) is 3.27. The third kappa shape index (κ3) is 5.17. The van der Waals surface area contributed by atoms with Crippen molar-refractivity contribution in [2.45, 2.75) is 71.2 Å². The summed E-state index contributed by atoms with van der Waals surface area (Å²) in [5, 5.41) is 0. The summed E-state index contributed by atoms with van der Waals surface area (Å²) in [7, 11) is -1.69. The van der Waals surface area contributed by atoms with E-state index >= 15 is 0 Å². The zero-order valence-electron chi connectivity index (χ0n) is 12.1. The van der Waals surface area contributed by atoms with Crippen LogP contribution in [0.2, 0.25) is 18.1 Å². The van der Waals surface area contributed by atoms with Crippen LogP contribution in [0.25, 0.3) is 0 Å². The Labute approximate surface area is 108 Å². The summed E-state index contributed by atoms with van der Waals surface area (Å²) in [5.74, 6) is 0. The molecule has 0 aliphatic rings. The van der Waals surface area contributed by atoms with Gasteiger partial charge >= 0.3 is 0 Å². The maximum absolute atomic E-state index is 11.3. The second-order valence-corrected chi connectivity index (χ2v) is 9.58. The Balaban J connectivity index is 4.68. The van der Waals surface area contributed by atoms with Crippen LogP contribution in [0.4, 0.5) is 0 Å². The van der Waals surface area contributed by atoms with Crippen LogP contribution in [0.5, 0.6) is 0 Å². The Bertz CT molecular complexity index is 238. The van der Waals surface area contributed by atoms with E-state index in [0.29, 0.717) is 0 Å². The number of carbonyl (C=O) groups is 1. The van der Waals surface area contributed by atoms with E-state index < -0.39 is 13.9 Å². The lowest BCUT2D eigenvalue weighted by Gasteiger charge is -2.37. The summed E-state index contributed by atoms with van der Waals surface area (Å²) in [6.07, 6.45) is 6.82. The molecule has 1 unspecified atom stereocenters. The predicted molar refractivity (Wildman–Crippen MR) is 76.8 cm³/mol. The fourth-order valence-electron chi connectivity index (χ4n) is 2.13. The van der Waals surface area contributed by atoms with Gasteiger partial charge in [-0.05, 0) is 44.8 Å². The van der Waals surface area contributed by atoms with Crippen molar-refractivity contribution in [2.24, 2.45) is 0 Å². The SMILES string of the molecule is C/C=C/CCC(C)(C=O)O[Si](CC)(CC)CC. The van der Waals surface area contributed by atoms with E-state index in [4.69, 9.17) is 4.43 Å². The van der Waals surface area contributed by atoms with Crippen LogP contribution in [0.15, 0.2) is 12.2 Å². The van der Waals surface area contributed by atoms with Gasteiger partial charge in [-0.2, -0.15) is 0 Å². The summed E-state index contributed by atoms with van der Waals surface area (Å²) >= 11 is 0. The van der Waals surface area contributed by atoms with Crippen molar-refractivity contribution in [3.8, 4) is 0 Å². The Morgan fingerprint density at radius 1 is 1.18 bits per heavy atom. The van der Waals surface area contributed by atoms with Gasteiger partial charge in [-0.15, -0.1) is 0 Å². The van der Waals surface area contributed by atoms with Gasteiger partial charge in [-0.1, -0.05) is 32.9 Å². The first-order valence-corrected chi connectivity index (χ1v) is 9.32. The number of hydrogen-bond acceptors (Lipinski definition) is 2. The summed E-state index contributed by atoms with van der Waals surface area (Å²) < 4.78 is 6.31. The lowest BCUT2D eigenvalue weighted by molar-refractivity contribution is -0.121. The number of aldehydes is 1. The van der Waals surface area contributed by atoms with Crippen molar-refractivity contribution in [1.82, 2.24) is 0 Å². The minimum atomic E-state index is -1.69. The normalized spacial score (nSPS) is 16.1. The number of carbonyl (C=O) groups excluding carboxylic acids is 1. The van der Waals surface area contributed by atoms with Gasteiger partial charge < -0.3 is 9.22 Å².